The van der Waals surface area contributed by atoms with Crippen LogP contribution in [0.3, 0.4) is 0 Å². The number of nitrogen functional groups attached to an aromatic ring is 1. The number of aromatic nitrogens is 2. The maximum Gasteiger partial charge on any atom is 0.259 e. The van der Waals surface area contributed by atoms with Crippen molar-refractivity contribution in [2.75, 3.05) is 55.4 Å². The fourth-order valence-electron chi connectivity index (χ4n) is 4.35. The molecule has 2 atom stereocenters. The van der Waals surface area contributed by atoms with Gasteiger partial charge >= 0.3 is 0 Å². The number of hydrogen-bond donors (Lipinski definition) is 3. The molecule has 12 nitrogen and oxygen atoms in total. The standard InChI is InChI=1S/C25H25FN6O6/c26-18-3-2-16(12-17(18)23(35)31-5-8-37-9-6-31)32-7-10-38-21(24(32)36)20(33)22(34)29-15-1-4-19-14(11-15)13-28-25(27)30-19/h1-4,11-13,20-21,33H,5-10H2,(H,29,34)(H2,27,28,30). The number of nitrogens with zero attached hydrogens (tertiary/aromatic N) is 4. The van der Waals surface area contributed by atoms with Crippen molar-refractivity contribution >= 4 is 45.9 Å². The van der Waals surface area contributed by atoms with Gasteiger partial charge in [0.15, 0.2) is 12.2 Å². The van der Waals surface area contributed by atoms with Crippen molar-refractivity contribution in [3.8, 4) is 0 Å². The molecule has 2 unspecified atom stereocenters. The third-order valence-corrected chi connectivity index (χ3v) is 6.33. The van der Waals surface area contributed by atoms with E-state index in [0.717, 1.165) is 6.07 Å². The quantitative estimate of drug-likeness (QED) is 0.433. The number of benzene rings is 2. The first kappa shape index (κ1) is 25.4. The summed E-state index contributed by atoms with van der Waals surface area (Å²) in [5, 5.41) is 13.9. The van der Waals surface area contributed by atoms with Crippen molar-refractivity contribution in [2.45, 2.75) is 12.2 Å². The van der Waals surface area contributed by atoms with Crippen molar-refractivity contribution in [1.82, 2.24) is 14.9 Å². The van der Waals surface area contributed by atoms with Crippen molar-refractivity contribution in [2.24, 2.45) is 0 Å². The Morgan fingerprint density at radius 2 is 1.92 bits per heavy atom. The molecule has 0 aliphatic carbocycles. The van der Waals surface area contributed by atoms with Crippen LogP contribution in [0.15, 0.2) is 42.6 Å². The van der Waals surface area contributed by atoms with Crippen LogP contribution in [0.5, 0.6) is 0 Å². The molecule has 0 bridgehead atoms. The Morgan fingerprint density at radius 1 is 1.13 bits per heavy atom. The number of fused-ring (bicyclic) bond motifs is 1. The highest BCUT2D eigenvalue weighted by Gasteiger charge is 2.39. The molecule has 5 rings (SSSR count). The third kappa shape index (κ3) is 5.11. The van der Waals surface area contributed by atoms with Crippen LogP contribution in [0.4, 0.5) is 21.7 Å². The van der Waals surface area contributed by atoms with Gasteiger partial charge in [-0.15, -0.1) is 0 Å². The fourth-order valence-corrected chi connectivity index (χ4v) is 4.35. The molecule has 0 radical (unpaired) electrons. The Hall–Kier alpha value is -4.20. The van der Waals surface area contributed by atoms with Crippen LogP contribution >= 0.6 is 0 Å². The van der Waals surface area contributed by atoms with Crippen LogP contribution < -0.4 is 16.0 Å². The van der Waals surface area contributed by atoms with E-state index in [4.69, 9.17) is 15.2 Å². The zero-order chi connectivity index (χ0) is 26.8. The molecule has 2 saturated heterocycles. The predicted molar refractivity (Wildman–Crippen MR) is 134 cm³/mol. The van der Waals surface area contributed by atoms with Gasteiger partial charge in [0, 0.05) is 42.6 Å². The van der Waals surface area contributed by atoms with Gasteiger partial charge in [0.1, 0.15) is 5.82 Å². The maximum atomic E-state index is 14.6. The predicted octanol–water partition coefficient (Wildman–Crippen LogP) is 0.555. The molecule has 0 saturated carbocycles. The van der Waals surface area contributed by atoms with Gasteiger partial charge in [0.05, 0.1) is 30.9 Å². The van der Waals surface area contributed by atoms with E-state index in [2.05, 4.69) is 15.3 Å². The fraction of sp³-hybridized carbons (Fsp3) is 0.320. The molecule has 38 heavy (non-hydrogen) atoms. The highest BCUT2D eigenvalue weighted by Crippen LogP contribution is 2.25. The Bertz CT molecular complexity index is 1400. The SMILES string of the molecule is Nc1ncc2cc(NC(=O)C(O)C3OCCN(c4ccc(F)c(C(=O)N5CCOCC5)c4)C3=O)ccc2n1. The number of ether oxygens (including phenoxy) is 2. The van der Waals surface area contributed by atoms with Gasteiger partial charge < -0.3 is 35.4 Å². The maximum absolute atomic E-state index is 14.6. The first-order valence-corrected chi connectivity index (χ1v) is 11.9. The van der Waals surface area contributed by atoms with Crippen LogP contribution in [-0.2, 0) is 19.1 Å². The zero-order valence-electron chi connectivity index (χ0n) is 20.2. The molecule has 2 aliphatic rings. The smallest absolute Gasteiger partial charge is 0.259 e. The van der Waals surface area contributed by atoms with Crippen LogP contribution in [0.1, 0.15) is 10.4 Å². The molecular formula is C25H25FN6O6. The Balaban J connectivity index is 1.30. The highest BCUT2D eigenvalue weighted by molar-refractivity contribution is 6.05. The number of morpholine rings is 2. The van der Waals surface area contributed by atoms with Gasteiger partial charge in [0.2, 0.25) is 5.95 Å². The van der Waals surface area contributed by atoms with Crippen molar-refractivity contribution in [1.29, 1.82) is 0 Å². The number of hydrogen-bond acceptors (Lipinski definition) is 9. The first-order chi connectivity index (χ1) is 18.3. The van der Waals surface area contributed by atoms with E-state index >= 15 is 0 Å². The topological polar surface area (TPSA) is 160 Å². The molecule has 13 heteroatoms. The van der Waals surface area contributed by atoms with Gasteiger partial charge in [-0.05, 0) is 36.4 Å². The summed E-state index contributed by atoms with van der Waals surface area (Å²) in [5.74, 6) is -2.67. The summed E-state index contributed by atoms with van der Waals surface area (Å²) in [4.78, 5) is 49.6. The number of carbonyl (C=O) groups excluding carboxylic acids is 3. The van der Waals surface area contributed by atoms with Crippen LogP contribution in [0.2, 0.25) is 0 Å². The second-order valence-corrected chi connectivity index (χ2v) is 8.79. The lowest BCUT2D eigenvalue weighted by Gasteiger charge is -2.34. The first-order valence-electron chi connectivity index (χ1n) is 11.9. The average Bonchev–Trinajstić information content (AvgIpc) is 2.93. The van der Waals surface area contributed by atoms with Gasteiger partial charge in [-0.3, -0.25) is 14.4 Å². The molecule has 2 aliphatic heterocycles. The molecular weight excluding hydrogens is 499 g/mol. The minimum absolute atomic E-state index is 0.0135. The number of anilines is 3. The molecule has 2 aromatic carbocycles. The number of aliphatic hydroxyl groups excluding tert-OH is 1. The molecule has 4 N–H and O–H groups in total. The highest BCUT2D eigenvalue weighted by atomic mass is 19.1. The summed E-state index contributed by atoms with van der Waals surface area (Å²) in [5.41, 5.74) is 6.57. The van der Waals surface area contributed by atoms with Gasteiger partial charge in [-0.1, -0.05) is 0 Å². The average molecular weight is 525 g/mol. The summed E-state index contributed by atoms with van der Waals surface area (Å²) >= 11 is 0. The molecule has 1 aromatic heterocycles. The largest absolute Gasteiger partial charge is 0.380 e. The number of nitrogens with two attached hydrogens (primary N) is 1. The molecule has 198 valence electrons. The van der Waals surface area contributed by atoms with E-state index in [-0.39, 0.29) is 30.4 Å². The molecule has 3 amide bonds. The zero-order valence-corrected chi connectivity index (χ0v) is 20.2. The minimum atomic E-state index is -1.83. The van der Waals surface area contributed by atoms with Crippen molar-refractivity contribution < 1.29 is 33.4 Å². The number of rotatable bonds is 5. The molecule has 2 fully saturated rings. The van der Waals surface area contributed by atoms with Crippen LogP contribution in [-0.4, -0.2) is 89.4 Å². The Labute approximate surface area is 216 Å². The Kier molecular flexibility index (Phi) is 7.13. The summed E-state index contributed by atoms with van der Waals surface area (Å²) in [6.45, 7) is 1.49. The second-order valence-electron chi connectivity index (χ2n) is 8.79. The van der Waals surface area contributed by atoms with E-state index in [0.29, 0.717) is 42.9 Å². The summed E-state index contributed by atoms with van der Waals surface area (Å²) in [6.07, 6.45) is -1.84. The molecule has 3 heterocycles. The monoisotopic (exact) mass is 524 g/mol. The van der Waals surface area contributed by atoms with Crippen LogP contribution in [0.25, 0.3) is 10.9 Å². The lowest BCUT2D eigenvalue weighted by atomic mass is 10.1. The van der Waals surface area contributed by atoms with Crippen molar-refractivity contribution in [3.63, 3.8) is 0 Å². The number of carbonyl (C=O) groups is 3. The van der Waals surface area contributed by atoms with Gasteiger partial charge in [-0.2, -0.15) is 0 Å². The van der Waals surface area contributed by atoms with Crippen molar-refractivity contribution in [3.05, 3.63) is 54.0 Å². The summed E-state index contributed by atoms with van der Waals surface area (Å²) in [6, 6.07) is 8.57. The van der Waals surface area contributed by atoms with Gasteiger partial charge in [-0.25, -0.2) is 14.4 Å². The molecule has 3 aromatic rings. The lowest BCUT2D eigenvalue weighted by Crippen LogP contribution is -2.55. The van der Waals surface area contributed by atoms with E-state index in [1.54, 1.807) is 18.2 Å². The normalized spacial score (nSPS) is 18.9. The summed E-state index contributed by atoms with van der Waals surface area (Å²) < 4.78 is 25.2. The lowest BCUT2D eigenvalue weighted by molar-refractivity contribution is -0.150. The third-order valence-electron chi connectivity index (χ3n) is 6.33. The number of amides is 3. The number of aliphatic hydroxyl groups is 1. The minimum Gasteiger partial charge on any atom is -0.380 e. The Morgan fingerprint density at radius 3 is 2.71 bits per heavy atom. The number of halogens is 1. The second kappa shape index (κ2) is 10.7. The van der Waals surface area contributed by atoms with E-state index < -0.39 is 35.7 Å². The molecule has 0 spiro atoms. The van der Waals surface area contributed by atoms with E-state index in [1.165, 1.54) is 28.1 Å². The summed E-state index contributed by atoms with van der Waals surface area (Å²) in [7, 11) is 0. The number of nitrogens with one attached hydrogen (secondary N) is 1. The van der Waals surface area contributed by atoms with Gasteiger partial charge in [0.25, 0.3) is 17.7 Å². The van der Waals surface area contributed by atoms with Crippen LogP contribution in [0, 0.1) is 5.82 Å². The van der Waals surface area contributed by atoms with E-state index in [9.17, 15) is 23.9 Å². The van der Waals surface area contributed by atoms with E-state index in [1.807, 2.05) is 0 Å².